The Morgan fingerprint density at radius 3 is 2.71 bits per heavy atom. The quantitative estimate of drug-likeness (QED) is 0.432. The van der Waals surface area contributed by atoms with Gasteiger partial charge in [0.1, 0.15) is 6.04 Å². The van der Waals surface area contributed by atoms with E-state index in [1.54, 1.807) is 0 Å². The molecule has 1 amide bonds. The third-order valence-corrected chi connectivity index (χ3v) is 4.01. The van der Waals surface area contributed by atoms with E-state index in [2.05, 4.69) is 10.3 Å². The summed E-state index contributed by atoms with van der Waals surface area (Å²) in [5, 5.41) is 12.7. The van der Waals surface area contributed by atoms with Crippen molar-refractivity contribution in [3.05, 3.63) is 36.0 Å². The highest BCUT2D eigenvalue weighted by atomic mass is 16.4. The molecule has 7 nitrogen and oxygen atoms in total. The first kappa shape index (κ1) is 18.0. The van der Waals surface area contributed by atoms with Gasteiger partial charge in [0.2, 0.25) is 5.91 Å². The van der Waals surface area contributed by atoms with Gasteiger partial charge in [-0.25, -0.2) is 4.79 Å². The number of rotatable bonds is 9. The van der Waals surface area contributed by atoms with E-state index in [4.69, 9.17) is 11.5 Å². The lowest BCUT2D eigenvalue weighted by atomic mass is 10.0. The zero-order valence-electron chi connectivity index (χ0n) is 13.5. The van der Waals surface area contributed by atoms with Gasteiger partial charge in [-0.15, -0.1) is 0 Å². The number of benzene rings is 1. The minimum absolute atomic E-state index is 0.338. The Morgan fingerprint density at radius 1 is 1.25 bits per heavy atom. The zero-order chi connectivity index (χ0) is 17.5. The fourth-order valence-electron chi connectivity index (χ4n) is 2.66. The summed E-state index contributed by atoms with van der Waals surface area (Å²) in [5.74, 6) is -1.51. The summed E-state index contributed by atoms with van der Waals surface area (Å²) in [5.41, 5.74) is 13.3. The predicted molar refractivity (Wildman–Crippen MR) is 92.5 cm³/mol. The Morgan fingerprint density at radius 2 is 2.00 bits per heavy atom. The van der Waals surface area contributed by atoms with Crippen LogP contribution < -0.4 is 16.8 Å². The number of carboxylic acid groups (broad SMARTS) is 1. The van der Waals surface area contributed by atoms with E-state index < -0.39 is 24.0 Å². The number of nitrogens with two attached hydrogens (primary N) is 2. The molecule has 0 aliphatic rings. The van der Waals surface area contributed by atoms with Gasteiger partial charge in [-0.2, -0.15) is 0 Å². The summed E-state index contributed by atoms with van der Waals surface area (Å²) in [4.78, 5) is 26.6. The number of H-pyrrole nitrogens is 1. The van der Waals surface area contributed by atoms with Crippen LogP contribution in [0.4, 0.5) is 0 Å². The van der Waals surface area contributed by atoms with Crippen LogP contribution in [0.2, 0.25) is 0 Å². The molecule has 2 aromatic rings. The van der Waals surface area contributed by atoms with Gasteiger partial charge < -0.3 is 26.9 Å². The maximum absolute atomic E-state index is 12.2. The smallest absolute Gasteiger partial charge is 0.326 e. The van der Waals surface area contributed by atoms with Gasteiger partial charge in [0.15, 0.2) is 0 Å². The molecule has 0 radical (unpaired) electrons. The highest BCUT2D eigenvalue weighted by Crippen LogP contribution is 2.18. The Kier molecular flexibility index (Phi) is 6.34. The maximum Gasteiger partial charge on any atom is 0.326 e. The van der Waals surface area contributed by atoms with Crippen molar-refractivity contribution in [2.45, 2.75) is 37.8 Å². The SMILES string of the molecule is NCCCC[C@H](NC(=O)[C@H](N)Cc1c[nH]c2ccccc12)C(=O)O. The van der Waals surface area contributed by atoms with Gasteiger partial charge in [0, 0.05) is 17.1 Å². The number of aromatic nitrogens is 1. The predicted octanol–water partition coefficient (Wildman–Crippen LogP) is 0.736. The molecule has 0 aliphatic heterocycles. The molecule has 2 atom stereocenters. The standard InChI is InChI=1S/C17H24N4O3/c18-8-4-3-7-15(17(23)24)21-16(22)13(19)9-11-10-20-14-6-2-1-5-12(11)14/h1-2,5-6,10,13,15,20H,3-4,7-9,18-19H2,(H,21,22)(H,23,24)/t13-,15+/m1/s1. The van der Waals surface area contributed by atoms with Crippen molar-refractivity contribution in [3.63, 3.8) is 0 Å². The number of hydrogen-bond donors (Lipinski definition) is 5. The van der Waals surface area contributed by atoms with Gasteiger partial charge in [-0.3, -0.25) is 4.79 Å². The molecule has 24 heavy (non-hydrogen) atoms. The first-order valence-corrected chi connectivity index (χ1v) is 8.06. The molecule has 7 N–H and O–H groups in total. The van der Waals surface area contributed by atoms with Crippen LogP contribution in [0.15, 0.2) is 30.5 Å². The minimum Gasteiger partial charge on any atom is -0.480 e. The molecule has 0 fully saturated rings. The third-order valence-electron chi connectivity index (χ3n) is 4.01. The van der Waals surface area contributed by atoms with E-state index in [9.17, 15) is 14.7 Å². The molecule has 1 aromatic carbocycles. The Balaban J connectivity index is 1.96. The number of hydrogen-bond acceptors (Lipinski definition) is 4. The van der Waals surface area contributed by atoms with E-state index in [0.29, 0.717) is 25.8 Å². The summed E-state index contributed by atoms with van der Waals surface area (Å²) in [6.07, 6.45) is 3.88. The van der Waals surface area contributed by atoms with Crippen LogP contribution in [-0.4, -0.2) is 40.6 Å². The second-order valence-electron chi connectivity index (χ2n) is 5.85. The second kappa shape index (κ2) is 8.47. The van der Waals surface area contributed by atoms with Crippen LogP contribution in [0.25, 0.3) is 10.9 Å². The number of nitrogens with one attached hydrogen (secondary N) is 2. The van der Waals surface area contributed by atoms with Gasteiger partial charge in [-0.1, -0.05) is 18.2 Å². The first-order valence-electron chi connectivity index (χ1n) is 8.06. The molecule has 0 bridgehead atoms. The summed E-state index contributed by atoms with van der Waals surface area (Å²) in [7, 11) is 0. The molecule has 0 aliphatic carbocycles. The Bertz CT molecular complexity index is 698. The fourth-order valence-corrected chi connectivity index (χ4v) is 2.66. The third kappa shape index (κ3) is 4.56. The molecule has 130 valence electrons. The molecule has 0 saturated carbocycles. The summed E-state index contributed by atoms with van der Waals surface area (Å²) >= 11 is 0. The minimum atomic E-state index is -1.06. The molecule has 2 rings (SSSR count). The van der Waals surface area contributed by atoms with E-state index in [0.717, 1.165) is 22.9 Å². The number of amides is 1. The van der Waals surface area contributed by atoms with Crippen LogP contribution in [0.3, 0.4) is 0 Å². The van der Waals surface area contributed by atoms with Crippen LogP contribution >= 0.6 is 0 Å². The van der Waals surface area contributed by atoms with Crippen LogP contribution in [0.1, 0.15) is 24.8 Å². The normalized spacial score (nSPS) is 13.6. The van der Waals surface area contributed by atoms with Crippen molar-refractivity contribution in [1.82, 2.24) is 10.3 Å². The van der Waals surface area contributed by atoms with Crippen LogP contribution in [0, 0.1) is 0 Å². The maximum atomic E-state index is 12.2. The number of carboxylic acids is 1. The molecule has 0 unspecified atom stereocenters. The Hall–Kier alpha value is -2.38. The second-order valence-corrected chi connectivity index (χ2v) is 5.85. The molecule has 1 aromatic heterocycles. The molecular weight excluding hydrogens is 308 g/mol. The average molecular weight is 332 g/mol. The van der Waals surface area contributed by atoms with E-state index in [-0.39, 0.29) is 0 Å². The van der Waals surface area contributed by atoms with E-state index in [1.165, 1.54) is 0 Å². The molecular formula is C17H24N4O3. The first-order chi connectivity index (χ1) is 11.5. The van der Waals surface area contributed by atoms with Gasteiger partial charge >= 0.3 is 5.97 Å². The van der Waals surface area contributed by atoms with E-state index >= 15 is 0 Å². The zero-order valence-corrected chi connectivity index (χ0v) is 13.5. The van der Waals surface area contributed by atoms with Crippen molar-refractivity contribution >= 4 is 22.8 Å². The topological polar surface area (TPSA) is 134 Å². The van der Waals surface area contributed by atoms with Gasteiger partial charge in [0.05, 0.1) is 6.04 Å². The fraction of sp³-hybridized carbons (Fsp3) is 0.412. The largest absolute Gasteiger partial charge is 0.480 e. The lowest BCUT2D eigenvalue weighted by Gasteiger charge is -2.17. The number of aliphatic carboxylic acids is 1. The van der Waals surface area contributed by atoms with E-state index in [1.807, 2.05) is 30.5 Å². The van der Waals surface area contributed by atoms with Gasteiger partial charge in [0.25, 0.3) is 0 Å². The number of carbonyl (C=O) groups is 2. The van der Waals surface area contributed by atoms with Crippen molar-refractivity contribution in [2.75, 3.05) is 6.54 Å². The Labute approximate surface area is 140 Å². The van der Waals surface area contributed by atoms with Crippen molar-refractivity contribution in [3.8, 4) is 0 Å². The molecule has 0 saturated heterocycles. The lowest BCUT2D eigenvalue weighted by molar-refractivity contribution is -0.142. The number of fused-ring (bicyclic) bond motifs is 1. The number of para-hydroxylation sites is 1. The monoisotopic (exact) mass is 332 g/mol. The van der Waals surface area contributed by atoms with Crippen molar-refractivity contribution in [1.29, 1.82) is 0 Å². The number of unbranched alkanes of at least 4 members (excludes halogenated alkanes) is 1. The van der Waals surface area contributed by atoms with Crippen LogP contribution in [-0.2, 0) is 16.0 Å². The number of aromatic amines is 1. The molecule has 7 heteroatoms. The summed E-state index contributed by atoms with van der Waals surface area (Å²) in [6, 6.07) is 6.01. The summed E-state index contributed by atoms with van der Waals surface area (Å²) in [6.45, 7) is 0.500. The molecule has 1 heterocycles. The van der Waals surface area contributed by atoms with Crippen molar-refractivity contribution < 1.29 is 14.7 Å². The lowest BCUT2D eigenvalue weighted by Crippen LogP contribution is -2.49. The number of carbonyl (C=O) groups excluding carboxylic acids is 1. The van der Waals surface area contributed by atoms with Crippen LogP contribution in [0.5, 0.6) is 0 Å². The highest BCUT2D eigenvalue weighted by molar-refractivity contribution is 5.88. The van der Waals surface area contributed by atoms with Crippen molar-refractivity contribution in [2.24, 2.45) is 11.5 Å². The summed E-state index contributed by atoms with van der Waals surface area (Å²) < 4.78 is 0. The molecule has 0 spiro atoms. The van der Waals surface area contributed by atoms with Gasteiger partial charge in [-0.05, 0) is 43.9 Å². The highest BCUT2D eigenvalue weighted by Gasteiger charge is 2.23. The average Bonchev–Trinajstić information content (AvgIpc) is 2.97.